The number of fused-ring (bicyclic) bond motifs is 1. The molecule has 1 atom stereocenters. The number of carbonyl (C=O) groups excluding carboxylic acids is 1. The van der Waals surface area contributed by atoms with Gasteiger partial charge in [-0.3, -0.25) is 0 Å². The van der Waals surface area contributed by atoms with Gasteiger partial charge >= 0.3 is 5.97 Å². The number of benzene rings is 1. The molecule has 0 amide bonds. The first-order valence-corrected chi connectivity index (χ1v) is 10.1. The largest absolute Gasteiger partial charge is 0.461 e. The van der Waals surface area contributed by atoms with Crippen molar-refractivity contribution in [2.45, 2.75) is 39.3 Å². The second kappa shape index (κ2) is 8.16. The van der Waals surface area contributed by atoms with E-state index in [-0.39, 0.29) is 40.7 Å². The fourth-order valence-corrected chi connectivity index (χ4v) is 3.93. The van der Waals surface area contributed by atoms with Crippen LogP contribution in [0.5, 0.6) is 0 Å². The molecule has 1 unspecified atom stereocenters. The minimum atomic E-state index is -0.706. The summed E-state index contributed by atoms with van der Waals surface area (Å²) in [7, 11) is 0. The van der Waals surface area contributed by atoms with Crippen LogP contribution in [0.3, 0.4) is 0 Å². The average Bonchev–Trinajstić information content (AvgIpc) is 3.16. The normalized spacial score (nSPS) is 16.7. The third kappa shape index (κ3) is 3.48. The zero-order valence-corrected chi connectivity index (χ0v) is 17.4. The molecule has 2 N–H and O–H groups in total. The van der Waals surface area contributed by atoms with Crippen molar-refractivity contribution >= 4 is 34.2 Å². The number of halogens is 2. The Morgan fingerprint density at radius 3 is 2.93 bits per heavy atom. The van der Waals surface area contributed by atoms with Crippen LogP contribution in [0.2, 0.25) is 5.28 Å². The molecule has 0 radical (unpaired) electrons. The van der Waals surface area contributed by atoms with Gasteiger partial charge in [0, 0.05) is 17.6 Å². The number of esters is 1. The summed E-state index contributed by atoms with van der Waals surface area (Å²) in [4.78, 5) is 20.4. The molecule has 158 valence electrons. The average molecular weight is 434 g/mol. The van der Waals surface area contributed by atoms with Crippen LogP contribution in [0, 0.1) is 12.7 Å². The molecule has 1 fully saturated rings. The van der Waals surface area contributed by atoms with E-state index in [0.717, 1.165) is 19.3 Å². The van der Waals surface area contributed by atoms with E-state index in [1.54, 1.807) is 24.7 Å². The molecule has 0 saturated carbocycles. The van der Waals surface area contributed by atoms with Gasteiger partial charge in [-0.2, -0.15) is 5.10 Å². The van der Waals surface area contributed by atoms with Gasteiger partial charge in [0.1, 0.15) is 17.0 Å². The number of aryl methyl sites for hydroxylation is 1. The minimum Gasteiger partial charge on any atom is -0.461 e. The summed E-state index contributed by atoms with van der Waals surface area (Å²) < 4.78 is 27.3. The second-order valence-electron chi connectivity index (χ2n) is 7.05. The molecule has 2 aromatic heterocycles. The van der Waals surface area contributed by atoms with E-state index >= 15 is 0 Å². The number of nitrogens with two attached hydrogens (primary N) is 1. The third-order valence-electron chi connectivity index (χ3n) is 5.08. The molecule has 1 aliphatic rings. The molecular weight excluding hydrogens is 413 g/mol. The zero-order chi connectivity index (χ0) is 21.4. The van der Waals surface area contributed by atoms with Crippen molar-refractivity contribution in [1.82, 2.24) is 19.7 Å². The SMILES string of the molecule is CCOC(=O)c1nc(Cl)nc(-c2c(C)cc(F)c3c2cnn3C2CCCCO2)c1N. The van der Waals surface area contributed by atoms with Crippen LogP contribution in [0.1, 0.15) is 48.5 Å². The standard InChI is InChI=1S/C20H21ClFN5O3/c1-3-29-19(28)17-15(23)16(25-20(21)26-17)14-10(2)8-12(22)18-11(14)9-24-27(18)13-6-4-5-7-30-13/h8-9,13H,3-7,23H2,1-2H3. The Balaban J connectivity index is 1.94. The summed E-state index contributed by atoms with van der Waals surface area (Å²) in [6.45, 7) is 4.16. The highest BCUT2D eigenvalue weighted by Crippen LogP contribution is 2.38. The van der Waals surface area contributed by atoms with Crippen LogP contribution in [-0.2, 0) is 9.47 Å². The monoisotopic (exact) mass is 433 g/mol. The molecular formula is C20H21ClFN5O3. The summed E-state index contributed by atoms with van der Waals surface area (Å²) in [5, 5.41) is 4.72. The highest BCUT2D eigenvalue weighted by Gasteiger charge is 2.26. The van der Waals surface area contributed by atoms with Crippen molar-refractivity contribution in [1.29, 1.82) is 0 Å². The van der Waals surface area contributed by atoms with Gasteiger partial charge in [0.25, 0.3) is 0 Å². The number of hydrogen-bond acceptors (Lipinski definition) is 7. The first-order chi connectivity index (χ1) is 14.4. The molecule has 30 heavy (non-hydrogen) atoms. The van der Waals surface area contributed by atoms with E-state index in [1.165, 1.54) is 6.07 Å². The van der Waals surface area contributed by atoms with E-state index in [2.05, 4.69) is 15.1 Å². The van der Waals surface area contributed by atoms with Gasteiger partial charge in [0.2, 0.25) is 5.28 Å². The number of carbonyl (C=O) groups is 1. The Hall–Kier alpha value is -2.78. The van der Waals surface area contributed by atoms with Crippen molar-refractivity contribution < 1.29 is 18.7 Å². The van der Waals surface area contributed by atoms with Crippen molar-refractivity contribution in [3.8, 4) is 11.3 Å². The van der Waals surface area contributed by atoms with E-state index in [1.807, 2.05) is 0 Å². The summed E-state index contributed by atoms with van der Waals surface area (Å²) >= 11 is 6.08. The Morgan fingerprint density at radius 1 is 1.43 bits per heavy atom. The van der Waals surface area contributed by atoms with Crippen LogP contribution in [0.4, 0.5) is 10.1 Å². The molecule has 8 nitrogen and oxygen atoms in total. The van der Waals surface area contributed by atoms with Crippen LogP contribution in [0.15, 0.2) is 12.3 Å². The lowest BCUT2D eigenvalue weighted by atomic mass is 9.99. The maximum Gasteiger partial charge on any atom is 0.359 e. The molecule has 3 aromatic rings. The Morgan fingerprint density at radius 2 is 2.23 bits per heavy atom. The zero-order valence-electron chi connectivity index (χ0n) is 16.6. The highest BCUT2D eigenvalue weighted by molar-refractivity contribution is 6.28. The van der Waals surface area contributed by atoms with Crippen molar-refractivity contribution in [3.63, 3.8) is 0 Å². The Bertz CT molecular complexity index is 1130. The maximum absolute atomic E-state index is 15.0. The lowest BCUT2D eigenvalue weighted by Gasteiger charge is -2.23. The summed E-state index contributed by atoms with van der Waals surface area (Å²) in [5.74, 6) is -1.13. The smallest absolute Gasteiger partial charge is 0.359 e. The van der Waals surface area contributed by atoms with Gasteiger partial charge in [-0.15, -0.1) is 0 Å². The molecule has 3 heterocycles. The van der Waals surface area contributed by atoms with E-state index in [9.17, 15) is 9.18 Å². The van der Waals surface area contributed by atoms with E-state index < -0.39 is 11.8 Å². The molecule has 4 rings (SSSR count). The van der Waals surface area contributed by atoms with Gasteiger partial charge in [0.05, 0.1) is 18.5 Å². The molecule has 1 aromatic carbocycles. The highest BCUT2D eigenvalue weighted by atomic mass is 35.5. The number of anilines is 1. The van der Waals surface area contributed by atoms with Crippen LogP contribution in [-0.4, -0.2) is 38.9 Å². The van der Waals surface area contributed by atoms with Gasteiger partial charge in [0.15, 0.2) is 11.9 Å². The first kappa shape index (κ1) is 20.5. The van der Waals surface area contributed by atoms with Crippen molar-refractivity contribution in [3.05, 3.63) is 34.6 Å². The lowest BCUT2D eigenvalue weighted by Crippen LogP contribution is -2.19. The van der Waals surface area contributed by atoms with Gasteiger partial charge in [-0.25, -0.2) is 23.8 Å². The van der Waals surface area contributed by atoms with Crippen LogP contribution >= 0.6 is 11.6 Å². The first-order valence-electron chi connectivity index (χ1n) is 9.70. The van der Waals surface area contributed by atoms with Crippen LogP contribution < -0.4 is 5.73 Å². The van der Waals surface area contributed by atoms with Crippen LogP contribution in [0.25, 0.3) is 22.2 Å². The molecule has 0 bridgehead atoms. The lowest BCUT2D eigenvalue weighted by molar-refractivity contribution is -0.0369. The van der Waals surface area contributed by atoms with Crippen molar-refractivity contribution in [2.24, 2.45) is 0 Å². The topological polar surface area (TPSA) is 105 Å². The molecule has 1 aliphatic heterocycles. The quantitative estimate of drug-likeness (QED) is 0.488. The van der Waals surface area contributed by atoms with Gasteiger partial charge in [-0.05, 0) is 56.3 Å². The fourth-order valence-electron chi connectivity index (χ4n) is 3.76. The molecule has 1 saturated heterocycles. The van der Waals surface area contributed by atoms with Gasteiger partial charge < -0.3 is 15.2 Å². The number of aromatic nitrogens is 4. The fraction of sp³-hybridized carbons (Fsp3) is 0.400. The minimum absolute atomic E-state index is 0.00974. The molecule has 0 spiro atoms. The summed E-state index contributed by atoms with van der Waals surface area (Å²) in [6, 6.07) is 1.39. The number of nitrogen functional groups attached to an aromatic ring is 1. The summed E-state index contributed by atoms with van der Waals surface area (Å²) in [6.07, 6.45) is 3.90. The van der Waals surface area contributed by atoms with E-state index in [4.69, 9.17) is 26.8 Å². The third-order valence-corrected chi connectivity index (χ3v) is 5.25. The Kier molecular flexibility index (Phi) is 5.57. The maximum atomic E-state index is 15.0. The number of ether oxygens (including phenoxy) is 2. The Labute approximate surface area is 177 Å². The number of nitrogens with zero attached hydrogens (tertiary/aromatic N) is 4. The number of rotatable bonds is 4. The van der Waals surface area contributed by atoms with E-state index in [0.29, 0.717) is 23.1 Å². The van der Waals surface area contributed by atoms with Crippen molar-refractivity contribution in [2.75, 3.05) is 18.9 Å². The predicted octanol–water partition coefficient (Wildman–Crippen LogP) is 4.05. The molecule has 0 aliphatic carbocycles. The summed E-state index contributed by atoms with van der Waals surface area (Å²) in [5.41, 5.74) is 7.72. The second-order valence-corrected chi connectivity index (χ2v) is 7.38. The number of hydrogen-bond donors (Lipinski definition) is 1. The molecule has 10 heteroatoms. The predicted molar refractivity (Wildman–Crippen MR) is 110 cm³/mol. The van der Waals surface area contributed by atoms with Gasteiger partial charge in [-0.1, -0.05) is 0 Å².